The highest BCUT2D eigenvalue weighted by Gasteiger charge is 2.37. The molecule has 0 heterocycles. The smallest absolute Gasteiger partial charge is 0.334 e. The minimum absolute atomic E-state index is 0.205. The van der Waals surface area contributed by atoms with E-state index in [-0.39, 0.29) is 17.9 Å². The molecule has 0 aromatic heterocycles. The number of hydrogen-bond acceptors (Lipinski definition) is 4. The standard InChI is InChI=1S/C16H26O4/c1-4-9-13(15(17)19-5-2)14(16(18)20-6-3)12-10-7-8-11-12/h9,12,14H,4-8,10-11H2,1-3H3. The molecule has 0 N–H and O–H groups in total. The molecule has 1 aliphatic carbocycles. The molecule has 0 amide bonds. The van der Waals surface area contributed by atoms with E-state index < -0.39 is 5.92 Å². The fraction of sp³-hybridized carbons (Fsp3) is 0.750. The van der Waals surface area contributed by atoms with Crippen molar-refractivity contribution in [3.8, 4) is 0 Å². The van der Waals surface area contributed by atoms with Crippen LogP contribution in [0.3, 0.4) is 0 Å². The van der Waals surface area contributed by atoms with Gasteiger partial charge in [0.25, 0.3) is 0 Å². The number of rotatable bonds is 7. The number of carbonyl (C=O) groups is 2. The van der Waals surface area contributed by atoms with E-state index in [2.05, 4.69) is 0 Å². The van der Waals surface area contributed by atoms with Crippen LogP contribution in [-0.2, 0) is 19.1 Å². The number of ether oxygens (including phenoxy) is 2. The number of allylic oxidation sites excluding steroid dienone is 1. The summed E-state index contributed by atoms with van der Waals surface area (Å²) in [5, 5.41) is 0. The van der Waals surface area contributed by atoms with E-state index in [4.69, 9.17) is 9.47 Å². The van der Waals surface area contributed by atoms with E-state index in [9.17, 15) is 9.59 Å². The minimum atomic E-state index is -0.462. The maximum absolute atomic E-state index is 12.3. The Morgan fingerprint density at radius 1 is 1.10 bits per heavy atom. The Morgan fingerprint density at radius 3 is 2.20 bits per heavy atom. The predicted molar refractivity (Wildman–Crippen MR) is 77.1 cm³/mol. The highest BCUT2D eigenvalue weighted by atomic mass is 16.5. The Morgan fingerprint density at radius 2 is 1.70 bits per heavy atom. The molecular formula is C16H26O4. The molecule has 4 nitrogen and oxygen atoms in total. The normalized spacial score (nSPS) is 17.9. The quantitative estimate of drug-likeness (QED) is 0.531. The van der Waals surface area contributed by atoms with E-state index in [1.807, 2.05) is 13.0 Å². The molecule has 0 aromatic carbocycles. The van der Waals surface area contributed by atoms with Crippen LogP contribution < -0.4 is 0 Å². The van der Waals surface area contributed by atoms with Gasteiger partial charge in [0.05, 0.1) is 19.1 Å². The van der Waals surface area contributed by atoms with Gasteiger partial charge in [0.15, 0.2) is 0 Å². The van der Waals surface area contributed by atoms with Gasteiger partial charge in [-0.3, -0.25) is 4.79 Å². The summed E-state index contributed by atoms with van der Waals surface area (Å²) in [4.78, 5) is 24.4. The SMILES string of the molecule is CCC=C(C(=O)OCC)C(C(=O)OCC)C1CCCC1. The first-order valence-corrected chi connectivity index (χ1v) is 7.69. The molecule has 1 aliphatic rings. The Labute approximate surface area is 121 Å². The Bertz CT molecular complexity index is 353. The molecule has 0 radical (unpaired) electrons. The fourth-order valence-corrected chi connectivity index (χ4v) is 2.87. The summed E-state index contributed by atoms with van der Waals surface area (Å²) < 4.78 is 10.3. The van der Waals surface area contributed by atoms with E-state index in [1.165, 1.54) is 0 Å². The molecule has 0 bridgehead atoms. The van der Waals surface area contributed by atoms with Gasteiger partial charge in [0.1, 0.15) is 0 Å². The van der Waals surface area contributed by atoms with Gasteiger partial charge in [-0.25, -0.2) is 4.79 Å². The maximum Gasteiger partial charge on any atom is 0.334 e. The lowest BCUT2D eigenvalue weighted by Gasteiger charge is -2.23. The molecule has 1 atom stereocenters. The van der Waals surface area contributed by atoms with E-state index >= 15 is 0 Å². The average molecular weight is 282 g/mol. The molecule has 1 fully saturated rings. The summed E-state index contributed by atoms with van der Waals surface area (Å²) in [5.41, 5.74) is 0.486. The second kappa shape index (κ2) is 8.77. The number of hydrogen-bond donors (Lipinski definition) is 0. The third-order valence-corrected chi connectivity index (χ3v) is 3.68. The number of carbonyl (C=O) groups excluding carboxylic acids is 2. The van der Waals surface area contributed by atoms with Crippen molar-refractivity contribution in [1.82, 2.24) is 0 Å². The largest absolute Gasteiger partial charge is 0.466 e. The van der Waals surface area contributed by atoms with Crippen LogP contribution in [-0.4, -0.2) is 25.2 Å². The predicted octanol–water partition coefficient (Wildman–Crippen LogP) is 3.26. The van der Waals surface area contributed by atoms with Crippen LogP contribution in [0.25, 0.3) is 0 Å². The van der Waals surface area contributed by atoms with Gasteiger partial charge in [0, 0.05) is 5.57 Å². The second-order valence-corrected chi connectivity index (χ2v) is 5.06. The second-order valence-electron chi connectivity index (χ2n) is 5.06. The molecule has 4 heteroatoms. The Balaban J connectivity index is 3.00. The minimum Gasteiger partial charge on any atom is -0.466 e. The van der Waals surface area contributed by atoms with Crippen molar-refractivity contribution in [3.05, 3.63) is 11.6 Å². The van der Waals surface area contributed by atoms with Gasteiger partial charge in [-0.05, 0) is 39.0 Å². The van der Waals surface area contributed by atoms with Gasteiger partial charge in [-0.1, -0.05) is 25.8 Å². The summed E-state index contributed by atoms with van der Waals surface area (Å²) in [5.74, 6) is -0.917. The topological polar surface area (TPSA) is 52.6 Å². The van der Waals surface area contributed by atoms with Crippen LogP contribution in [0.1, 0.15) is 52.9 Å². The van der Waals surface area contributed by atoms with Gasteiger partial charge in [-0.2, -0.15) is 0 Å². The molecule has 0 aliphatic heterocycles. The third kappa shape index (κ3) is 4.36. The summed E-state index contributed by atoms with van der Waals surface area (Å²) in [6.45, 7) is 6.17. The van der Waals surface area contributed by atoms with E-state index in [0.29, 0.717) is 25.2 Å². The zero-order valence-corrected chi connectivity index (χ0v) is 12.8. The van der Waals surface area contributed by atoms with Crippen molar-refractivity contribution in [2.75, 3.05) is 13.2 Å². The summed E-state index contributed by atoms with van der Waals surface area (Å²) >= 11 is 0. The molecule has 114 valence electrons. The third-order valence-electron chi connectivity index (χ3n) is 3.68. The number of esters is 2. The first kappa shape index (κ1) is 16.7. The lowest BCUT2D eigenvalue weighted by atomic mass is 9.84. The molecule has 0 saturated heterocycles. The maximum atomic E-state index is 12.3. The highest BCUT2D eigenvalue weighted by Crippen LogP contribution is 2.36. The summed E-state index contributed by atoms with van der Waals surface area (Å²) in [6, 6.07) is 0. The molecule has 1 rings (SSSR count). The zero-order valence-electron chi connectivity index (χ0n) is 12.8. The highest BCUT2D eigenvalue weighted by molar-refractivity contribution is 5.95. The van der Waals surface area contributed by atoms with Crippen molar-refractivity contribution in [2.45, 2.75) is 52.9 Å². The van der Waals surface area contributed by atoms with E-state index in [1.54, 1.807) is 13.8 Å². The fourth-order valence-electron chi connectivity index (χ4n) is 2.87. The summed E-state index contributed by atoms with van der Waals surface area (Å²) in [7, 11) is 0. The molecule has 1 unspecified atom stereocenters. The average Bonchev–Trinajstić information content (AvgIpc) is 2.92. The van der Waals surface area contributed by atoms with Crippen LogP contribution in [0, 0.1) is 11.8 Å². The van der Waals surface area contributed by atoms with Crippen molar-refractivity contribution >= 4 is 11.9 Å². The molecule has 1 saturated carbocycles. The van der Waals surface area contributed by atoms with Gasteiger partial charge >= 0.3 is 11.9 Å². The van der Waals surface area contributed by atoms with E-state index in [0.717, 1.165) is 25.7 Å². The van der Waals surface area contributed by atoms with Crippen LogP contribution in [0.15, 0.2) is 11.6 Å². The van der Waals surface area contributed by atoms with Gasteiger partial charge < -0.3 is 9.47 Å². The lowest BCUT2D eigenvalue weighted by molar-refractivity contribution is -0.151. The van der Waals surface area contributed by atoms with Crippen molar-refractivity contribution in [1.29, 1.82) is 0 Å². The molecule has 0 aromatic rings. The first-order chi connectivity index (χ1) is 9.65. The molecule has 0 spiro atoms. The Hall–Kier alpha value is -1.32. The monoisotopic (exact) mass is 282 g/mol. The van der Waals surface area contributed by atoms with Gasteiger partial charge in [0.2, 0.25) is 0 Å². The summed E-state index contributed by atoms with van der Waals surface area (Å²) in [6.07, 6.45) is 6.70. The molecular weight excluding hydrogens is 256 g/mol. The van der Waals surface area contributed by atoms with Crippen LogP contribution in [0.5, 0.6) is 0 Å². The van der Waals surface area contributed by atoms with Gasteiger partial charge in [-0.15, -0.1) is 0 Å². The van der Waals surface area contributed by atoms with Crippen molar-refractivity contribution in [2.24, 2.45) is 11.8 Å². The molecule has 20 heavy (non-hydrogen) atoms. The van der Waals surface area contributed by atoms with Crippen LogP contribution >= 0.6 is 0 Å². The first-order valence-electron chi connectivity index (χ1n) is 7.69. The zero-order chi connectivity index (χ0) is 15.0. The van der Waals surface area contributed by atoms with Crippen molar-refractivity contribution < 1.29 is 19.1 Å². The van der Waals surface area contributed by atoms with Crippen LogP contribution in [0.2, 0.25) is 0 Å². The van der Waals surface area contributed by atoms with Crippen molar-refractivity contribution in [3.63, 3.8) is 0 Å². The Kier molecular flexibility index (Phi) is 7.34. The van der Waals surface area contributed by atoms with Crippen LogP contribution in [0.4, 0.5) is 0 Å². The lowest BCUT2D eigenvalue weighted by Crippen LogP contribution is -2.30.